The zero-order valence-electron chi connectivity index (χ0n) is 32.1. The van der Waals surface area contributed by atoms with Crippen LogP contribution in [-0.2, 0) is 10.8 Å². The zero-order chi connectivity index (χ0) is 37.8. The van der Waals surface area contributed by atoms with Crippen molar-refractivity contribution in [1.82, 2.24) is 0 Å². The number of hydrogen-bond donors (Lipinski definition) is 0. The second-order valence-corrected chi connectivity index (χ2v) is 16.5. The minimum absolute atomic E-state index is 0.0260. The van der Waals surface area contributed by atoms with Gasteiger partial charge in [-0.1, -0.05) is 155 Å². The Morgan fingerprint density at radius 1 is 0.357 bits per heavy atom. The molecule has 0 saturated heterocycles. The van der Waals surface area contributed by atoms with Crippen LogP contribution in [0.25, 0.3) is 66.4 Å². The van der Waals surface area contributed by atoms with Gasteiger partial charge in [-0.25, -0.2) is 0 Å². The first-order valence-corrected chi connectivity index (χ1v) is 19.7. The standard InChI is InChI=1S/C54H41NO/c1-53(2)48-24-9-6-19-42(48)46-32-35(26-29-49(46)53)34-14-11-16-37(30-34)55(39-27-28-43-41-18-5-8-23-47(41)54(3,4)50(43)33-39)38-17-12-15-36(31-38)40-21-13-22-45-44-20-7-10-25-51(44)56-52(40)45/h5-33H,1-4H3. The predicted molar refractivity (Wildman–Crippen MR) is 234 cm³/mol. The van der Waals surface area contributed by atoms with Crippen LogP contribution in [-0.4, -0.2) is 0 Å². The highest BCUT2D eigenvalue weighted by Crippen LogP contribution is 2.52. The van der Waals surface area contributed by atoms with E-state index in [1.54, 1.807) is 0 Å². The third kappa shape index (κ3) is 4.75. The Bertz CT molecular complexity index is 3050. The molecule has 2 nitrogen and oxygen atoms in total. The van der Waals surface area contributed by atoms with Crippen molar-refractivity contribution < 1.29 is 4.42 Å². The molecule has 0 saturated carbocycles. The molecule has 2 heteroatoms. The fourth-order valence-corrected chi connectivity index (χ4v) is 9.79. The Labute approximate surface area is 328 Å². The fourth-order valence-electron chi connectivity index (χ4n) is 9.79. The number of hydrogen-bond acceptors (Lipinski definition) is 2. The van der Waals surface area contributed by atoms with Crippen molar-refractivity contribution in [3.8, 4) is 44.5 Å². The molecule has 0 amide bonds. The van der Waals surface area contributed by atoms with E-state index in [1.807, 2.05) is 6.07 Å². The van der Waals surface area contributed by atoms with Crippen LogP contribution in [0.4, 0.5) is 17.1 Å². The number of fused-ring (bicyclic) bond motifs is 9. The van der Waals surface area contributed by atoms with E-state index in [-0.39, 0.29) is 10.8 Å². The summed E-state index contributed by atoms with van der Waals surface area (Å²) in [5.41, 5.74) is 20.4. The molecule has 9 aromatic rings. The zero-order valence-corrected chi connectivity index (χ0v) is 32.1. The number of furan rings is 1. The van der Waals surface area contributed by atoms with Crippen LogP contribution in [0.5, 0.6) is 0 Å². The van der Waals surface area contributed by atoms with Gasteiger partial charge < -0.3 is 9.32 Å². The van der Waals surface area contributed by atoms with Gasteiger partial charge in [-0.3, -0.25) is 0 Å². The molecule has 11 rings (SSSR count). The Balaban J connectivity index is 1.08. The quantitative estimate of drug-likeness (QED) is 0.176. The molecular formula is C54H41NO. The van der Waals surface area contributed by atoms with Crippen molar-refractivity contribution in [2.24, 2.45) is 0 Å². The fraction of sp³-hybridized carbons (Fsp3) is 0.111. The number of nitrogens with zero attached hydrogens (tertiary/aromatic N) is 1. The molecule has 8 aromatic carbocycles. The van der Waals surface area contributed by atoms with E-state index in [4.69, 9.17) is 4.42 Å². The molecule has 268 valence electrons. The lowest BCUT2D eigenvalue weighted by Gasteiger charge is -2.29. The molecule has 2 aliphatic rings. The van der Waals surface area contributed by atoms with Crippen molar-refractivity contribution in [3.63, 3.8) is 0 Å². The summed E-state index contributed by atoms with van der Waals surface area (Å²) >= 11 is 0. The van der Waals surface area contributed by atoms with Crippen LogP contribution in [0.1, 0.15) is 49.9 Å². The number of rotatable bonds is 5. The SMILES string of the molecule is CC1(C)c2ccccc2-c2cc(-c3cccc(N(c4cccc(-c5cccc6c5oc5ccccc56)c4)c4ccc5c(c4)C(C)(C)c4ccccc4-5)c3)ccc21. The summed E-state index contributed by atoms with van der Waals surface area (Å²) in [6.07, 6.45) is 0. The maximum absolute atomic E-state index is 6.53. The van der Waals surface area contributed by atoms with Gasteiger partial charge in [0.25, 0.3) is 0 Å². The highest BCUT2D eigenvalue weighted by Gasteiger charge is 2.37. The number of anilines is 3. The third-order valence-electron chi connectivity index (χ3n) is 12.7. The minimum atomic E-state index is -0.122. The lowest BCUT2D eigenvalue weighted by molar-refractivity contribution is 0.660. The van der Waals surface area contributed by atoms with Gasteiger partial charge in [0.1, 0.15) is 11.2 Å². The molecule has 2 aliphatic carbocycles. The van der Waals surface area contributed by atoms with Gasteiger partial charge >= 0.3 is 0 Å². The van der Waals surface area contributed by atoms with E-state index < -0.39 is 0 Å². The molecule has 0 unspecified atom stereocenters. The molecule has 0 atom stereocenters. The average Bonchev–Trinajstić information content (AvgIpc) is 3.81. The van der Waals surface area contributed by atoms with Gasteiger partial charge in [0.05, 0.1) is 0 Å². The van der Waals surface area contributed by atoms with Gasteiger partial charge in [0, 0.05) is 44.2 Å². The summed E-state index contributed by atoms with van der Waals surface area (Å²) in [7, 11) is 0. The van der Waals surface area contributed by atoms with Crippen LogP contribution in [0, 0.1) is 0 Å². The first-order valence-electron chi connectivity index (χ1n) is 19.7. The molecule has 0 radical (unpaired) electrons. The second kappa shape index (κ2) is 11.9. The summed E-state index contributed by atoms with van der Waals surface area (Å²) in [5, 5.41) is 2.27. The van der Waals surface area contributed by atoms with E-state index in [2.05, 4.69) is 202 Å². The van der Waals surface area contributed by atoms with Crippen LogP contribution in [0.2, 0.25) is 0 Å². The van der Waals surface area contributed by atoms with Crippen LogP contribution in [0.3, 0.4) is 0 Å². The Morgan fingerprint density at radius 2 is 0.893 bits per heavy atom. The smallest absolute Gasteiger partial charge is 0.143 e. The van der Waals surface area contributed by atoms with E-state index >= 15 is 0 Å². The van der Waals surface area contributed by atoms with Crippen LogP contribution >= 0.6 is 0 Å². The van der Waals surface area contributed by atoms with Crippen molar-refractivity contribution in [3.05, 3.63) is 198 Å². The van der Waals surface area contributed by atoms with Crippen LogP contribution < -0.4 is 4.90 Å². The Hall–Kier alpha value is -6.64. The van der Waals surface area contributed by atoms with E-state index in [0.29, 0.717) is 0 Å². The molecular weight excluding hydrogens is 679 g/mol. The largest absolute Gasteiger partial charge is 0.455 e. The van der Waals surface area contributed by atoms with Crippen molar-refractivity contribution >= 4 is 39.0 Å². The summed E-state index contributed by atoms with van der Waals surface area (Å²) in [6, 6.07) is 64.6. The van der Waals surface area contributed by atoms with Crippen LogP contribution in [0.15, 0.2) is 180 Å². The van der Waals surface area contributed by atoms with Gasteiger partial charge in [-0.2, -0.15) is 0 Å². The van der Waals surface area contributed by atoms with Gasteiger partial charge in [-0.15, -0.1) is 0 Å². The van der Waals surface area contributed by atoms with Gasteiger partial charge in [0.2, 0.25) is 0 Å². The molecule has 0 spiro atoms. The second-order valence-electron chi connectivity index (χ2n) is 16.5. The lowest BCUT2D eigenvalue weighted by atomic mass is 9.82. The average molecular weight is 720 g/mol. The highest BCUT2D eigenvalue weighted by molar-refractivity contribution is 6.09. The number of benzene rings is 8. The molecule has 0 fully saturated rings. The normalized spacial score (nSPS) is 14.4. The Morgan fingerprint density at radius 3 is 1.68 bits per heavy atom. The summed E-state index contributed by atoms with van der Waals surface area (Å²) < 4.78 is 6.53. The lowest BCUT2D eigenvalue weighted by Crippen LogP contribution is -2.16. The Kier molecular flexibility index (Phi) is 6.98. The van der Waals surface area contributed by atoms with Gasteiger partial charge in [0.15, 0.2) is 0 Å². The summed E-state index contributed by atoms with van der Waals surface area (Å²) in [4.78, 5) is 2.43. The minimum Gasteiger partial charge on any atom is -0.455 e. The maximum Gasteiger partial charge on any atom is 0.143 e. The molecule has 1 aromatic heterocycles. The molecule has 0 N–H and O–H groups in total. The van der Waals surface area contributed by atoms with Crippen molar-refractivity contribution in [1.29, 1.82) is 0 Å². The molecule has 1 heterocycles. The number of para-hydroxylation sites is 2. The third-order valence-corrected chi connectivity index (χ3v) is 12.7. The van der Waals surface area contributed by atoms with Crippen molar-refractivity contribution in [2.45, 2.75) is 38.5 Å². The monoisotopic (exact) mass is 719 g/mol. The molecule has 56 heavy (non-hydrogen) atoms. The molecule has 0 aliphatic heterocycles. The van der Waals surface area contributed by atoms with E-state index in [1.165, 1.54) is 55.6 Å². The first-order chi connectivity index (χ1) is 27.3. The topological polar surface area (TPSA) is 16.4 Å². The van der Waals surface area contributed by atoms with E-state index in [9.17, 15) is 0 Å². The van der Waals surface area contributed by atoms with E-state index in [0.717, 1.165) is 50.1 Å². The highest BCUT2D eigenvalue weighted by atomic mass is 16.3. The molecule has 0 bridgehead atoms. The maximum atomic E-state index is 6.53. The van der Waals surface area contributed by atoms with Gasteiger partial charge in [-0.05, 0) is 110 Å². The first kappa shape index (κ1) is 32.8. The van der Waals surface area contributed by atoms with Crippen molar-refractivity contribution in [2.75, 3.05) is 4.90 Å². The summed E-state index contributed by atoms with van der Waals surface area (Å²) in [5.74, 6) is 0. The predicted octanol–water partition coefficient (Wildman–Crippen LogP) is 15.0. The summed E-state index contributed by atoms with van der Waals surface area (Å²) in [6.45, 7) is 9.40.